The summed E-state index contributed by atoms with van der Waals surface area (Å²) in [6, 6.07) is 17.5. The van der Waals surface area contributed by atoms with Gasteiger partial charge in [-0.1, -0.05) is 340 Å². The Morgan fingerprint density at radius 3 is 0.808 bits per heavy atom. The van der Waals surface area contributed by atoms with E-state index < -0.39 is 0 Å². The number of aliphatic imine (C=N–C) groups is 2. The van der Waals surface area contributed by atoms with Crippen molar-refractivity contribution >= 4 is 22.8 Å². The van der Waals surface area contributed by atoms with E-state index in [1.807, 2.05) is 0 Å². The van der Waals surface area contributed by atoms with Gasteiger partial charge in [0.15, 0.2) is 0 Å². The Morgan fingerprint density at radius 2 is 0.513 bits per heavy atom. The van der Waals surface area contributed by atoms with Gasteiger partial charge in [-0.2, -0.15) is 0 Å². The Labute approximate surface area is 488 Å². The van der Waals surface area contributed by atoms with Crippen molar-refractivity contribution in [2.45, 2.75) is 374 Å². The minimum absolute atomic E-state index is 0.868. The lowest BCUT2D eigenvalue weighted by Crippen LogP contribution is -2.13. The third-order valence-corrected chi connectivity index (χ3v) is 16.5. The standard InChI is InChI=1S/C76H128N2/c1-5-9-12-15-17-19-21-23-25-27-29-31-33-35-37-39-41-43-45-47-49-51-53-55-57-64-71-66-60-62-68-74(71)77-73(8-4)76(70-59-14-11-7-3)78-75-69-63-61-67-72(75)65-58-56-54-52-50-48-46-44-42-40-38-36-34-32-30-28-26-24-22-20-18-16-13-10-6-2/h60-63,66-69H,5-52,57-59,64-65,70H2,1-4H3. The van der Waals surface area contributed by atoms with E-state index >= 15 is 0 Å². The zero-order chi connectivity index (χ0) is 55.5. The maximum atomic E-state index is 5.45. The minimum Gasteiger partial charge on any atom is -0.251 e. The predicted octanol–water partition coefficient (Wildman–Crippen LogP) is 26.0. The van der Waals surface area contributed by atoms with Crippen LogP contribution in [0.5, 0.6) is 0 Å². The van der Waals surface area contributed by atoms with Crippen LogP contribution in [0.15, 0.2) is 58.5 Å². The number of unbranched alkanes of at least 4 members (excludes halogenated alkanes) is 45. The largest absolute Gasteiger partial charge is 0.251 e. The van der Waals surface area contributed by atoms with Crippen molar-refractivity contribution in [1.29, 1.82) is 0 Å². The summed E-state index contributed by atoms with van der Waals surface area (Å²) in [6.45, 7) is 9.16. The Bertz CT molecular complexity index is 1790. The molecule has 2 aromatic rings. The highest BCUT2D eigenvalue weighted by molar-refractivity contribution is 6.43. The van der Waals surface area contributed by atoms with E-state index in [0.29, 0.717) is 0 Å². The molecule has 0 amide bonds. The molecule has 0 unspecified atom stereocenters. The second-order valence-electron chi connectivity index (χ2n) is 23.9. The SMILES string of the molecule is CCCCCCCCCCCCCCCCCCCCCCCC#CCCc1ccccc1N=C(CC)C(CCCCCC)=Nc1ccccc1CCC#CCCCCCCCCCCCCCCCCCCCCCCC. The number of nitrogens with zero attached hydrogens (tertiary/aromatic N) is 2. The molecule has 0 saturated heterocycles. The van der Waals surface area contributed by atoms with Crippen molar-refractivity contribution in [3.8, 4) is 23.7 Å². The summed E-state index contributed by atoms with van der Waals surface area (Å²) in [6.07, 6.45) is 72.4. The fourth-order valence-electron chi connectivity index (χ4n) is 11.3. The molecule has 2 nitrogen and oxygen atoms in total. The van der Waals surface area contributed by atoms with Crippen LogP contribution in [0.1, 0.15) is 373 Å². The van der Waals surface area contributed by atoms with E-state index in [-0.39, 0.29) is 0 Å². The predicted molar refractivity (Wildman–Crippen MR) is 353 cm³/mol. The number of hydrogen-bond donors (Lipinski definition) is 0. The molecular weight excluding hydrogens is 941 g/mol. The zero-order valence-corrected chi connectivity index (χ0v) is 52.7. The van der Waals surface area contributed by atoms with Gasteiger partial charge in [0.1, 0.15) is 0 Å². The van der Waals surface area contributed by atoms with Gasteiger partial charge < -0.3 is 0 Å². The molecule has 0 fully saturated rings. The highest BCUT2D eigenvalue weighted by Gasteiger charge is 2.12. The van der Waals surface area contributed by atoms with Crippen LogP contribution in [0, 0.1) is 23.7 Å². The van der Waals surface area contributed by atoms with E-state index in [4.69, 9.17) is 9.98 Å². The summed E-state index contributed by atoms with van der Waals surface area (Å²) in [5.74, 6) is 14.1. The van der Waals surface area contributed by atoms with Crippen LogP contribution >= 0.6 is 0 Å². The van der Waals surface area contributed by atoms with Gasteiger partial charge in [0, 0.05) is 25.7 Å². The van der Waals surface area contributed by atoms with Crippen LogP contribution in [-0.4, -0.2) is 11.4 Å². The molecule has 0 spiro atoms. The lowest BCUT2D eigenvalue weighted by Gasteiger charge is -2.13. The third kappa shape index (κ3) is 43.7. The Kier molecular flexibility index (Phi) is 52.0. The topological polar surface area (TPSA) is 24.7 Å². The maximum Gasteiger partial charge on any atom is 0.0666 e. The normalized spacial score (nSPS) is 11.7. The molecule has 78 heavy (non-hydrogen) atoms. The van der Waals surface area contributed by atoms with Crippen LogP contribution in [0.3, 0.4) is 0 Å². The van der Waals surface area contributed by atoms with Crippen molar-refractivity contribution in [2.24, 2.45) is 9.98 Å². The summed E-state index contributed by atoms with van der Waals surface area (Å²) in [5, 5.41) is 0. The molecule has 0 atom stereocenters. The average Bonchev–Trinajstić information content (AvgIpc) is 3.48. The molecule has 0 aromatic heterocycles. The van der Waals surface area contributed by atoms with Crippen LogP contribution in [0.25, 0.3) is 0 Å². The van der Waals surface area contributed by atoms with E-state index in [9.17, 15) is 0 Å². The van der Waals surface area contributed by atoms with Crippen molar-refractivity contribution in [3.63, 3.8) is 0 Å². The molecule has 0 heterocycles. The van der Waals surface area contributed by atoms with Crippen LogP contribution in [0.4, 0.5) is 11.4 Å². The van der Waals surface area contributed by atoms with Gasteiger partial charge in [-0.05, 0) is 68.2 Å². The van der Waals surface area contributed by atoms with Gasteiger partial charge in [-0.25, -0.2) is 0 Å². The molecule has 0 aliphatic heterocycles. The van der Waals surface area contributed by atoms with E-state index in [0.717, 1.165) is 80.6 Å². The van der Waals surface area contributed by atoms with E-state index in [1.165, 1.54) is 300 Å². The van der Waals surface area contributed by atoms with Gasteiger partial charge in [0.25, 0.3) is 0 Å². The first-order chi connectivity index (χ1) is 38.7. The minimum atomic E-state index is 0.868. The van der Waals surface area contributed by atoms with Gasteiger partial charge >= 0.3 is 0 Å². The molecule has 0 aliphatic rings. The molecule has 0 bridgehead atoms. The van der Waals surface area contributed by atoms with E-state index in [1.54, 1.807) is 0 Å². The summed E-state index contributed by atoms with van der Waals surface area (Å²) >= 11 is 0. The van der Waals surface area contributed by atoms with Crippen LogP contribution in [-0.2, 0) is 12.8 Å². The molecule has 2 aromatic carbocycles. The van der Waals surface area contributed by atoms with Crippen molar-refractivity contribution in [3.05, 3.63) is 59.7 Å². The smallest absolute Gasteiger partial charge is 0.0666 e. The molecule has 0 saturated carbocycles. The van der Waals surface area contributed by atoms with Crippen molar-refractivity contribution < 1.29 is 0 Å². The third-order valence-electron chi connectivity index (χ3n) is 16.5. The first-order valence-electron chi connectivity index (χ1n) is 35.0. The summed E-state index contributed by atoms with van der Waals surface area (Å²) < 4.78 is 0. The monoisotopic (exact) mass is 1070 g/mol. The molecular formula is C76H128N2. The molecule has 0 radical (unpaired) electrons. The van der Waals surface area contributed by atoms with Gasteiger partial charge in [-0.3, -0.25) is 9.98 Å². The average molecular weight is 1070 g/mol. The number of para-hydroxylation sites is 2. The molecule has 0 N–H and O–H groups in total. The maximum absolute atomic E-state index is 5.45. The quantitative estimate of drug-likeness (QED) is 0.0358. The second-order valence-corrected chi connectivity index (χ2v) is 23.9. The van der Waals surface area contributed by atoms with Gasteiger partial charge in [-0.15, -0.1) is 23.7 Å². The molecule has 442 valence electrons. The number of aryl methyl sites for hydroxylation is 2. The summed E-state index contributed by atoms with van der Waals surface area (Å²) in [7, 11) is 0. The number of hydrogen-bond acceptors (Lipinski definition) is 2. The summed E-state index contributed by atoms with van der Waals surface area (Å²) in [5.41, 5.74) is 7.05. The van der Waals surface area contributed by atoms with Crippen LogP contribution in [0.2, 0.25) is 0 Å². The Morgan fingerprint density at radius 1 is 0.269 bits per heavy atom. The fraction of sp³-hybridized carbons (Fsp3) is 0.763. The van der Waals surface area contributed by atoms with Crippen LogP contribution < -0.4 is 0 Å². The van der Waals surface area contributed by atoms with Gasteiger partial charge in [0.2, 0.25) is 0 Å². The van der Waals surface area contributed by atoms with E-state index in [2.05, 4.69) is 99.9 Å². The van der Waals surface area contributed by atoms with Crippen molar-refractivity contribution in [1.82, 2.24) is 0 Å². The summed E-state index contributed by atoms with van der Waals surface area (Å²) in [4.78, 5) is 10.8. The van der Waals surface area contributed by atoms with Gasteiger partial charge in [0.05, 0.1) is 22.8 Å². The fourth-order valence-corrected chi connectivity index (χ4v) is 11.3. The lowest BCUT2D eigenvalue weighted by atomic mass is 10.0. The number of benzene rings is 2. The van der Waals surface area contributed by atoms with Crippen molar-refractivity contribution in [2.75, 3.05) is 0 Å². The first kappa shape index (κ1) is 71.0. The zero-order valence-electron chi connectivity index (χ0n) is 52.7. The molecule has 2 rings (SSSR count). The lowest BCUT2D eigenvalue weighted by molar-refractivity contribution is 0.520. The Balaban J connectivity index is 1.66. The highest BCUT2D eigenvalue weighted by atomic mass is 14.8. The Hall–Kier alpha value is -3.10. The first-order valence-corrected chi connectivity index (χ1v) is 35.0. The number of rotatable bonds is 55. The second kappa shape index (κ2) is 57.1. The highest BCUT2D eigenvalue weighted by Crippen LogP contribution is 2.26. The molecule has 0 aliphatic carbocycles. The molecule has 2 heteroatoms.